The van der Waals surface area contributed by atoms with Gasteiger partial charge in [0.15, 0.2) is 5.78 Å². The molecule has 3 heteroatoms. The van der Waals surface area contributed by atoms with Gasteiger partial charge in [0.25, 0.3) is 0 Å². The van der Waals surface area contributed by atoms with Crippen molar-refractivity contribution in [3.05, 3.63) is 77.4 Å². The van der Waals surface area contributed by atoms with Gasteiger partial charge in [0.1, 0.15) is 5.76 Å². The fraction of sp³-hybridized carbons (Fsp3) is 0.273. The van der Waals surface area contributed by atoms with Crippen LogP contribution in [0.3, 0.4) is 0 Å². The Labute approximate surface area is 148 Å². The first kappa shape index (κ1) is 17.2. The Bertz CT molecular complexity index is 818. The fourth-order valence-corrected chi connectivity index (χ4v) is 3.20. The highest BCUT2D eigenvalue weighted by Gasteiger charge is 2.36. The van der Waals surface area contributed by atoms with Crippen LogP contribution in [-0.2, 0) is 11.3 Å². The van der Waals surface area contributed by atoms with E-state index in [-0.39, 0.29) is 17.0 Å². The van der Waals surface area contributed by atoms with Gasteiger partial charge < -0.3 is 5.11 Å². The molecule has 3 nitrogen and oxygen atoms in total. The van der Waals surface area contributed by atoms with Crippen molar-refractivity contribution in [3.8, 4) is 0 Å². The second kappa shape index (κ2) is 7.06. The Morgan fingerprint density at radius 2 is 1.60 bits per heavy atom. The maximum Gasteiger partial charge on any atom is 0.168 e. The van der Waals surface area contributed by atoms with Gasteiger partial charge in [0, 0.05) is 12.0 Å². The van der Waals surface area contributed by atoms with Gasteiger partial charge in [-0.3, -0.25) is 9.79 Å². The van der Waals surface area contributed by atoms with Gasteiger partial charge in [-0.25, -0.2) is 0 Å². The minimum absolute atomic E-state index is 0.0351. The SMILES string of the molecule is CC1(C)CC(=O)/C(=C(\O)c2ccccc2)C(=NCc2ccccc2)C1. The molecule has 0 heterocycles. The highest BCUT2D eigenvalue weighted by atomic mass is 16.3. The molecule has 0 aromatic heterocycles. The van der Waals surface area contributed by atoms with E-state index in [4.69, 9.17) is 4.99 Å². The number of hydrogen-bond acceptors (Lipinski definition) is 3. The number of Topliss-reactive ketones (excluding diaryl/α,β-unsaturated/α-hetero) is 1. The lowest BCUT2D eigenvalue weighted by Crippen LogP contribution is -2.32. The molecule has 0 saturated heterocycles. The number of aliphatic hydroxyl groups excluding tert-OH is 1. The van der Waals surface area contributed by atoms with Gasteiger partial charge in [0.05, 0.1) is 17.8 Å². The van der Waals surface area contributed by atoms with E-state index in [2.05, 4.69) is 13.8 Å². The number of allylic oxidation sites excluding steroid dienone is 1. The summed E-state index contributed by atoms with van der Waals surface area (Å²) in [5, 5.41) is 10.7. The summed E-state index contributed by atoms with van der Waals surface area (Å²) in [7, 11) is 0. The van der Waals surface area contributed by atoms with E-state index in [1.165, 1.54) is 0 Å². The molecular formula is C22H23NO2. The summed E-state index contributed by atoms with van der Waals surface area (Å²) in [5.41, 5.74) is 2.67. The number of aliphatic imine (C=N–C) groups is 1. The van der Waals surface area contributed by atoms with Crippen molar-refractivity contribution >= 4 is 17.3 Å². The minimum Gasteiger partial charge on any atom is -0.506 e. The normalized spacial score (nSPS) is 20.6. The van der Waals surface area contributed by atoms with Crippen LogP contribution in [0.15, 0.2) is 71.2 Å². The number of rotatable bonds is 3. The van der Waals surface area contributed by atoms with Crippen LogP contribution >= 0.6 is 0 Å². The third-order valence-electron chi connectivity index (χ3n) is 4.43. The molecule has 0 atom stereocenters. The lowest BCUT2D eigenvalue weighted by atomic mass is 9.73. The number of ketones is 1. The summed E-state index contributed by atoms with van der Waals surface area (Å²) < 4.78 is 0. The average molecular weight is 333 g/mol. The molecule has 1 fully saturated rings. The smallest absolute Gasteiger partial charge is 0.168 e. The number of hydrogen-bond donors (Lipinski definition) is 1. The number of carbonyl (C=O) groups excluding carboxylic acids is 1. The predicted octanol–water partition coefficient (Wildman–Crippen LogP) is 4.99. The largest absolute Gasteiger partial charge is 0.506 e. The van der Waals surface area contributed by atoms with Crippen molar-refractivity contribution in [1.29, 1.82) is 0 Å². The summed E-state index contributed by atoms with van der Waals surface area (Å²) >= 11 is 0. The van der Waals surface area contributed by atoms with Gasteiger partial charge in [-0.15, -0.1) is 0 Å². The zero-order chi connectivity index (χ0) is 17.9. The molecule has 0 unspecified atom stereocenters. The summed E-state index contributed by atoms with van der Waals surface area (Å²) in [5.74, 6) is -0.00248. The number of carbonyl (C=O) groups is 1. The summed E-state index contributed by atoms with van der Waals surface area (Å²) in [6.45, 7) is 4.64. The summed E-state index contributed by atoms with van der Waals surface area (Å²) in [4.78, 5) is 17.5. The van der Waals surface area contributed by atoms with Crippen LogP contribution in [0.2, 0.25) is 0 Å². The zero-order valence-corrected chi connectivity index (χ0v) is 14.7. The molecule has 0 radical (unpaired) electrons. The van der Waals surface area contributed by atoms with Crippen LogP contribution in [0.1, 0.15) is 37.8 Å². The van der Waals surface area contributed by atoms with E-state index in [0.29, 0.717) is 36.2 Å². The van der Waals surface area contributed by atoms with E-state index in [1.807, 2.05) is 60.7 Å². The molecule has 2 aromatic rings. The molecule has 1 aliphatic rings. The van der Waals surface area contributed by atoms with Crippen molar-refractivity contribution in [2.24, 2.45) is 10.4 Å². The van der Waals surface area contributed by atoms with Gasteiger partial charge >= 0.3 is 0 Å². The van der Waals surface area contributed by atoms with Crippen molar-refractivity contribution in [1.82, 2.24) is 0 Å². The molecule has 3 rings (SSSR count). The maximum absolute atomic E-state index is 12.7. The highest BCUT2D eigenvalue weighted by Crippen LogP contribution is 2.36. The second-order valence-corrected chi connectivity index (χ2v) is 7.28. The van der Waals surface area contributed by atoms with E-state index in [9.17, 15) is 9.90 Å². The third kappa shape index (κ3) is 4.05. The van der Waals surface area contributed by atoms with Gasteiger partial charge in [0.2, 0.25) is 0 Å². The van der Waals surface area contributed by atoms with Gasteiger partial charge in [-0.2, -0.15) is 0 Å². The minimum atomic E-state index is -0.146. The maximum atomic E-state index is 12.7. The molecular weight excluding hydrogens is 310 g/mol. The van der Waals surface area contributed by atoms with Crippen molar-refractivity contribution in [3.63, 3.8) is 0 Å². The van der Waals surface area contributed by atoms with Crippen molar-refractivity contribution in [2.75, 3.05) is 0 Å². The van der Waals surface area contributed by atoms with E-state index in [1.54, 1.807) is 0 Å². The Hall–Kier alpha value is -2.68. The Balaban J connectivity index is 2.02. The standard InChI is InChI=1S/C22H23NO2/c1-22(2)13-18(23-15-16-9-5-3-6-10-16)20(19(24)14-22)21(25)17-11-7-4-8-12-17/h3-12,25H,13-15H2,1-2H3/b21-20-,23-18?. The van der Waals surface area contributed by atoms with Crippen LogP contribution in [0.25, 0.3) is 5.76 Å². The van der Waals surface area contributed by atoms with Crippen molar-refractivity contribution < 1.29 is 9.90 Å². The van der Waals surface area contributed by atoms with Crippen LogP contribution in [0.5, 0.6) is 0 Å². The van der Waals surface area contributed by atoms with E-state index >= 15 is 0 Å². The second-order valence-electron chi connectivity index (χ2n) is 7.28. The Kier molecular flexibility index (Phi) is 4.84. The Morgan fingerprint density at radius 3 is 2.24 bits per heavy atom. The fourth-order valence-electron chi connectivity index (χ4n) is 3.20. The molecule has 0 aliphatic heterocycles. The molecule has 1 N–H and O–H groups in total. The number of benzene rings is 2. The lowest BCUT2D eigenvalue weighted by Gasteiger charge is -2.31. The Morgan fingerprint density at radius 1 is 1.00 bits per heavy atom. The van der Waals surface area contributed by atoms with E-state index < -0.39 is 0 Å². The quantitative estimate of drug-likeness (QED) is 0.636. The zero-order valence-electron chi connectivity index (χ0n) is 14.7. The monoisotopic (exact) mass is 333 g/mol. The van der Waals surface area contributed by atoms with Gasteiger partial charge in [-0.05, 0) is 17.4 Å². The predicted molar refractivity (Wildman–Crippen MR) is 102 cm³/mol. The van der Waals surface area contributed by atoms with Crippen LogP contribution < -0.4 is 0 Å². The van der Waals surface area contributed by atoms with Gasteiger partial charge in [-0.1, -0.05) is 74.5 Å². The summed E-state index contributed by atoms with van der Waals surface area (Å²) in [6.07, 6.45) is 1.10. The molecule has 1 saturated carbocycles. The van der Waals surface area contributed by atoms with Crippen molar-refractivity contribution in [2.45, 2.75) is 33.2 Å². The first-order chi connectivity index (χ1) is 12.0. The third-order valence-corrected chi connectivity index (χ3v) is 4.43. The molecule has 1 aliphatic carbocycles. The molecule has 2 aromatic carbocycles. The first-order valence-corrected chi connectivity index (χ1v) is 8.56. The molecule has 0 spiro atoms. The topological polar surface area (TPSA) is 49.7 Å². The molecule has 128 valence electrons. The lowest BCUT2D eigenvalue weighted by molar-refractivity contribution is -0.117. The highest BCUT2D eigenvalue weighted by molar-refractivity contribution is 6.28. The molecule has 25 heavy (non-hydrogen) atoms. The number of nitrogens with zero attached hydrogens (tertiary/aromatic N) is 1. The van der Waals surface area contributed by atoms with E-state index in [0.717, 1.165) is 5.56 Å². The van der Waals surface area contributed by atoms with Crippen LogP contribution in [0.4, 0.5) is 0 Å². The number of aliphatic hydroxyl groups is 1. The first-order valence-electron chi connectivity index (χ1n) is 8.56. The van der Waals surface area contributed by atoms with Crippen LogP contribution in [-0.4, -0.2) is 16.6 Å². The molecule has 0 amide bonds. The van der Waals surface area contributed by atoms with Crippen LogP contribution in [0, 0.1) is 5.41 Å². The summed E-state index contributed by atoms with van der Waals surface area (Å²) in [6, 6.07) is 19.2. The average Bonchev–Trinajstić information content (AvgIpc) is 2.60. The molecule has 0 bridgehead atoms.